The number of aromatic nitrogens is 2. The number of carbonyl (C=O) groups is 1. The molecule has 3 aromatic rings. The van der Waals surface area contributed by atoms with Gasteiger partial charge in [-0.2, -0.15) is 5.26 Å². The van der Waals surface area contributed by atoms with Crippen LogP contribution in [-0.4, -0.2) is 47.1 Å². The Kier molecular flexibility index (Phi) is 4.37. The van der Waals surface area contributed by atoms with Crippen LogP contribution in [0, 0.1) is 11.3 Å². The summed E-state index contributed by atoms with van der Waals surface area (Å²) in [4.78, 5) is 25.1. The van der Waals surface area contributed by atoms with E-state index in [1.54, 1.807) is 23.2 Å². The minimum atomic E-state index is -0.137. The topological polar surface area (TPSA) is 85.2 Å². The second-order valence-corrected chi connectivity index (χ2v) is 6.94. The number of nitrogens with one attached hydrogen (secondary N) is 1. The molecule has 7 nitrogen and oxygen atoms in total. The summed E-state index contributed by atoms with van der Waals surface area (Å²) in [7, 11) is 0. The number of amides is 2. The quantitative estimate of drug-likeness (QED) is 0.756. The number of urea groups is 1. The zero-order valence-electron chi connectivity index (χ0n) is 13.9. The van der Waals surface area contributed by atoms with Crippen LogP contribution >= 0.6 is 11.3 Å². The molecule has 0 saturated carbocycles. The molecule has 0 spiro atoms. The molecule has 3 heterocycles. The summed E-state index contributed by atoms with van der Waals surface area (Å²) in [5.74, 6) is 0.773. The molecule has 130 valence electrons. The summed E-state index contributed by atoms with van der Waals surface area (Å²) in [5, 5.41) is 12.5. The third kappa shape index (κ3) is 3.30. The van der Waals surface area contributed by atoms with Gasteiger partial charge in [0.15, 0.2) is 5.13 Å². The molecule has 1 aliphatic heterocycles. The van der Waals surface area contributed by atoms with Crippen molar-refractivity contribution in [3.8, 4) is 6.07 Å². The van der Waals surface area contributed by atoms with E-state index in [0.717, 1.165) is 16.0 Å². The first-order valence-electron chi connectivity index (χ1n) is 8.25. The number of hydrogen-bond donors (Lipinski definition) is 1. The van der Waals surface area contributed by atoms with E-state index in [2.05, 4.69) is 26.3 Å². The van der Waals surface area contributed by atoms with Crippen LogP contribution < -0.4 is 10.2 Å². The van der Waals surface area contributed by atoms with Crippen molar-refractivity contribution in [2.45, 2.75) is 0 Å². The van der Waals surface area contributed by atoms with Crippen molar-refractivity contribution in [3.63, 3.8) is 0 Å². The van der Waals surface area contributed by atoms with Gasteiger partial charge in [0.2, 0.25) is 0 Å². The summed E-state index contributed by atoms with van der Waals surface area (Å²) in [6, 6.07) is 13.3. The first-order chi connectivity index (χ1) is 12.7. The Morgan fingerprint density at radius 1 is 1.19 bits per heavy atom. The first-order valence-corrected chi connectivity index (χ1v) is 9.07. The monoisotopic (exact) mass is 364 g/mol. The van der Waals surface area contributed by atoms with Gasteiger partial charge in [-0.1, -0.05) is 23.5 Å². The van der Waals surface area contributed by atoms with Gasteiger partial charge >= 0.3 is 6.03 Å². The molecule has 4 rings (SSSR count). The average molecular weight is 364 g/mol. The van der Waals surface area contributed by atoms with E-state index < -0.39 is 0 Å². The number of piperazine rings is 1. The van der Waals surface area contributed by atoms with Crippen LogP contribution in [0.2, 0.25) is 0 Å². The molecule has 0 radical (unpaired) electrons. The van der Waals surface area contributed by atoms with Gasteiger partial charge < -0.3 is 9.80 Å². The summed E-state index contributed by atoms with van der Waals surface area (Å²) in [6.45, 7) is 2.54. The zero-order valence-corrected chi connectivity index (χ0v) is 14.7. The molecule has 1 N–H and O–H groups in total. The molecule has 1 aromatic carbocycles. The van der Waals surface area contributed by atoms with Gasteiger partial charge in [-0.25, -0.2) is 14.8 Å². The van der Waals surface area contributed by atoms with E-state index in [-0.39, 0.29) is 6.03 Å². The number of nitriles is 1. The second-order valence-electron chi connectivity index (χ2n) is 5.91. The number of hydrogen-bond acceptors (Lipinski definition) is 6. The van der Waals surface area contributed by atoms with Crippen LogP contribution in [0.5, 0.6) is 0 Å². The molecule has 2 aromatic heterocycles. The molecule has 0 bridgehead atoms. The highest BCUT2D eigenvalue weighted by Crippen LogP contribution is 2.25. The van der Waals surface area contributed by atoms with Gasteiger partial charge in [0.1, 0.15) is 5.82 Å². The number of fused-ring (bicyclic) bond motifs is 1. The van der Waals surface area contributed by atoms with Crippen molar-refractivity contribution in [1.82, 2.24) is 14.9 Å². The van der Waals surface area contributed by atoms with Gasteiger partial charge in [-0.15, -0.1) is 0 Å². The van der Waals surface area contributed by atoms with Crippen LogP contribution in [0.4, 0.5) is 15.7 Å². The number of anilines is 2. The lowest BCUT2D eigenvalue weighted by atomic mass is 10.2. The van der Waals surface area contributed by atoms with E-state index in [9.17, 15) is 4.79 Å². The Balaban J connectivity index is 1.38. The Hall–Kier alpha value is -3.18. The van der Waals surface area contributed by atoms with Gasteiger partial charge in [0, 0.05) is 32.4 Å². The van der Waals surface area contributed by atoms with Gasteiger partial charge in [0.05, 0.1) is 21.8 Å². The molecule has 0 atom stereocenters. The zero-order chi connectivity index (χ0) is 17.9. The third-order valence-electron chi connectivity index (χ3n) is 4.27. The Morgan fingerprint density at radius 2 is 2.00 bits per heavy atom. The Morgan fingerprint density at radius 3 is 2.77 bits per heavy atom. The van der Waals surface area contributed by atoms with Crippen molar-refractivity contribution in [3.05, 3.63) is 48.2 Å². The largest absolute Gasteiger partial charge is 0.353 e. The smallest absolute Gasteiger partial charge is 0.323 e. The highest BCUT2D eigenvalue weighted by Gasteiger charge is 2.22. The maximum Gasteiger partial charge on any atom is 0.323 e. The highest BCUT2D eigenvalue weighted by molar-refractivity contribution is 7.22. The van der Waals surface area contributed by atoms with Crippen LogP contribution in [0.25, 0.3) is 10.2 Å². The fraction of sp³-hybridized carbons (Fsp3) is 0.222. The average Bonchev–Trinajstić information content (AvgIpc) is 3.10. The van der Waals surface area contributed by atoms with E-state index >= 15 is 0 Å². The second kappa shape index (κ2) is 6.98. The molecule has 26 heavy (non-hydrogen) atoms. The van der Waals surface area contributed by atoms with Crippen LogP contribution in [-0.2, 0) is 0 Å². The lowest BCUT2D eigenvalue weighted by Gasteiger charge is -2.35. The SMILES string of the molecule is N#Cc1ccnc(N2CCN(C(=O)Nc3nc4ccccc4s3)CC2)c1. The number of rotatable bonds is 2. The van der Waals surface area contributed by atoms with Gasteiger partial charge in [-0.05, 0) is 24.3 Å². The molecule has 8 heteroatoms. The van der Waals surface area contributed by atoms with Crippen molar-refractivity contribution in [2.24, 2.45) is 0 Å². The number of thiazole rings is 1. The van der Waals surface area contributed by atoms with Gasteiger partial charge in [0.25, 0.3) is 0 Å². The Labute approximate surface area is 154 Å². The normalized spacial score (nSPS) is 14.3. The fourth-order valence-electron chi connectivity index (χ4n) is 2.90. The first kappa shape index (κ1) is 16.3. The number of nitrogens with zero attached hydrogens (tertiary/aromatic N) is 5. The number of pyridine rings is 1. The molecular formula is C18H16N6OS. The molecular weight excluding hydrogens is 348 g/mol. The van der Waals surface area contributed by atoms with Crippen LogP contribution in [0.3, 0.4) is 0 Å². The predicted octanol–water partition coefficient (Wildman–Crippen LogP) is 2.92. The molecule has 2 amide bonds. The molecule has 0 unspecified atom stereocenters. The number of benzene rings is 1. The minimum absolute atomic E-state index is 0.137. The minimum Gasteiger partial charge on any atom is -0.353 e. The van der Waals surface area contributed by atoms with Crippen LogP contribution in [0.15, 0.2) is 42.6 Å². The molecule has 1 aliphatic rings. The van der Waals surface area contributed by atoms with E-state index in [0.29, 0.717) is 36.9 Å². The standard InChI is InChI=1S/C18H16N6OS/c19-12-13-5-6-20-16(11-13)23-7-9-24(10-8-23)18(25)22-17-21-14-3-1-2-4-15(14)26-17/h1-6,11H,7-10H2,(H,21,22,25). The molecule has 1 saturated heterocycles. The Bertz CT molecular complexity index is 954. The number of carbonyl (C=O) groups excluding carboxylic acids is 1. The summed E-state index contributed by atoms with van der Waals surface area (Å²) in [6.07, 6.45) is 1.64. The van der Waals surface area contributed by atoms with Crippen molar-refractivity contribution >= 4 is 38.5 Å². The highest BCUT2D eigenvalue weighted by atomic mass is 32.1. The maximum atomic E-state index is 12.5. The predicted molar refractivity (Wildman–Crippen MR) is 101 cm³/mol. The third-order valence-corrected chi connectivity index (χ3v) is 5.23. The summed E-state index contributed by atoms with van der Waals surface area (Å²) in [5.41, 5.74) is 1.48. The maximum absolute atomic E-state index is 12.5. The van der Waals surface area contributed by atoms with Crippen LogP contribution in [0.1, 0.15) is 5.56 Å². The number of para-hydroxylation sites is 1. The summed E-state index contributed by atoms with van der Waals surface area (Å²) >= 11 is 1.47. The van der Waals surface area contributed by atoms with Crippen molar-refractivity contribution in [2.75, 3.05) is 36.4 Å². The van der Waals surface area contributed by atoms with E-state index in [1.165, 1.54) is 11.3 Å². The van der Waals surface area contributed by atoms with Gasteiger partial charge in [-0.3, -0.25) is 5.32 Å². The summed E-state index contributed by atoms with van der Waals surface area (Å²) < 4.78 is 1.05. The van der Waals surface area contributed by atoms with E-state index in [4.69, 9.17) is 5.26 Å². The van der Waals surface area contributed by atoms with E-state index in [1.807, 2.05) is 24.3 Å². The lowest BCUT2D eigenvalue weighted by Crippen LogP contribution is -2.50. The fourth-order valence-corrected chi connectivity index (χ4v) is 3.75. The molecule has 0 aliphatic carbocycles. The van der Waals surface area contributed by atoms with Crippen molar-refractivity contribution < 1.29 is 4.79 Å². The lowest BCUT2D eigenvalue weighted by molar-refractivity contribution is 0.208. The van der Waals surface area contributed by atoms with Crippen molar-refractivity contribution in [1.29, 1.82) is 5.26 Å². The molecule has 1 fully saturated rings.